The molecule has 9 nitrogen and oxygen atoms in total. The molecule has 1 atom stereocenters. The standard InChI is InChI=1S/C18H26F2N6O3S2/c1-12-15(8-16(30-12)18(2,19)20)22-17(27)23-31(28,29)26(14-9-21-25(4)11-14)13-6-5-7-24(3)10-13/h8-9,11,13H,5-7,10H2,1-4H3,(H2,22,23,27). The van der Waals surface area contributed by atoms with E-state index >= 15 is 0 Å². The zero-order chi connectivity index (χ0) is 23.0. The van der Waals surface area contributed by atoms with Gasteiger partial charge in [0.2, 0.25) is 0 Å². The van der Waals surface area contributed by atoms with Crippen LogP contribution in [0, 0.1) is 6.92 Å². The minimum absolute atomic E-state index is 0.138. The maximum Gasteiger partial charge on any atom is 0.334 e. The average Bonchev–Trinajstić information content (AvgIpc) is 3.20. The summed E-state index contributed by atoms with van der Waals surface area (Å²) in [5, 5.41) is 6.42. The van der Waals surface area contributed by atoms with Crippen molar-refractivity contribution in [3.8, 4) is 0 Å². The van der Waals surface area contributed by atoms with Gasteiger partial charge in [-0.15, -0.1) is 11.3 Å². The SMILES string of the molecule is Cc1sc(C(C)(F)F)cc1NC(=O)NS(=O)(=O)N(c1cnn(C)c1)C1CCCN(C)C1. The van der Waals surface area contributed by atoms with E-state index < -0.39 is 22.2 Å². The summed E-state index contributed by atoms with van der Waals surface area (Å²) in [6.45, 7) is 3.69. The molecule has 0 spiro atoms. The number of amides is 2. The molecule has 31 heavy (non-hydrogen) atoms. The van der Waals surface area contributed by atoms with Crippen LogP contribution in [-0.4, -0.2) is 55.3 Å². The minimum Gasteiger partial charge on any atom is -0.306 e. The van der Waals surface area contributed by atoms with Crippen LogP contribution in [0.5, 0.6) is 0 Å². The molecule has 172 valence electrons. The number of aromatic nitrogens is 2. The van der Waals surface area contributed by atoms with Crippen LogP contribution in [0.25, 0.3) is 0 Å². The highest BCUT2D eigenvalue weighted by atomic mass is 32.2. The topological polar surface area (TPSA) is 99.6 Å². The van der Waals surface area contributed by atoms with Crippen LogP contribution in [0.15, 0.2) is 18.5 Å². The quantitative estimate of drug-likeness (QED) is 0.668. The van der Waals surface area contributed by atoms with Gasteiger partial charge < -0.3 is 10.2 Å². The maximum atomic E-state index is 13.6. The summed E-state index contributed by atoms with van der Waals surface area (Å²) in [4.78, 5) is 14.7. The van der Waals surface area contributed by atoms with Crippen LogP contribution >= 0.6 is 11.3 Å². The third-order valence-electron chi connectivity index (χ3n) is 4.96. The molecule has 2 amide bonds. The number of likely N-dealkylation sites (N-methyl/N-ethyl adjacent to an activating group) is 1. The highest BCUT2D eigenvalue weighted by Gasteiger charge is 2.35. The number of anilines is 2. The molecule has 1 fully saturated rings. The highest BCUT2D eigenvalue weighted by Crippen LogP contribution is 2.37. The molecule has 0 saturated carbocycles. The molecule has 1 saturated heterocycles. The normalized spacial score (nSPS) is 18.1. The molecule has 0 bridgehead atoms. The molecule has 0 radical (unpaired) electrons. The van der Waals surface area contributed by atoms with Gasteiger partial charge in [0.25, 0.3) is 5.92 Å². The van der Waals surface area contributed by atoms with E-state index in [1.165, 1.54) is 15.2 Å². The fraction of sp³-hybridized carbons (Fsp3) is 0.556. The number of nitrogens with zero attached hydrogens (tertiary/aromatic N) is 4. The van der Waals surface area contributed by atoms with Gasteiger partial charge in [-0.05, 0) is 39.4 Å². The lowest BCUT2D eigenvalue weighted by atomic mass is 10.1. The predicted octanol–water partition coefficient (Wildman–Crippen LogP) is 2.87. The van der Waals surface area contributed by atoms with E-state index in [0.29, 0.717) is 23.5 Å². The molecule has 0 aliphatic carbocycles. The lowest BCUT2D eigenvalue weighted by Crippen LogP contribution is -2.54. The lowest BCUT2D eigenvalue weighted by Gasteiger charge is -2.37. The van der Waals surface area contributed by atoms with Crippen LogP contribution in [-0.2, 0) is 23.2 Å². The Hall–Kier alpha value is -2.25. The van der Waals surface area contributed by atoms with E-state index in [4.69, 9.17) is 0 Å². The number of nitrogens with one attached hydrogen (secondary N) is 2. The molecule has 3 heterocycles. The van der Waals surface area contributed by atoms with Crippen molar-refractivity contribution in [1.82, 2.24) is 19.4 Å². The van der Waals surface area contributed by atoms with E-state index in [2.05, 4.69) is 10.4 Å². The molecule has 1 aliphatic rings. The van der Waals surface area contributed by atoms with Crippen LogP contribution in [0.2, 0.25) is 0 Å². The van der Waals surface area contributed by atoms with Gasteiger partial charge in [-0.25, -0.2) is 22.6 Å². The van der Waals surface area contributed by atoms with E-state index in [-0.39, 0.29) is 16.6 Å². The molecule has 1 unspecified atom stereocenters. The number of rotatable bonds is 6. The predicted molar refractivity (Wildman–Crippen MR) is 116 cm³/mol. The van der Waals surface area contributed by atoms with Gasteiger partial charge in [0.1, 0.15) is 0 Å². The van der Waals surface area contributed by atoms with Gasteiger partial charge in [0.05, 0.1) is 28.5 Å². The number of halogens is 2. The molecule has 2 aromatic heterocycles. The first kappa shape index (κ1) is 23.4. The smallest absolute Gasteiger partial charge is 0.306 e. The molecule has 2 N–H and O–H groups in total. The number of urea groups is 1. The number of hydrogen-bond acceptors (Lipinski definition) is 6. The molecule has 0 aromatic carbocycles. The van der Waals surface area contributed by atoms with Gasteiger partial charge in [-0.2, -0.15) is 13.5 Å². The summed E-state index contributed by atoms with van der Waals surface area (Å²) < 4.78 is 58.1. The first-order chi connectivity index (χ1) is 14.4. The molecule has 1 aliphatic heterocycles. The number of hydrogen-bond donors (Lipinski definition) is 2. The summed E-state index contributed by atoms with van der Waals surface area (Å²) in [6.07, 6.45) is 4.41. The third-order valence-corrected chi connectivity index (χ3v) is 7.65. The van der Waals surface area contributed by atoms with Crippen molar-refractivity contribution >= 4 is 39.0 Å². The average molecular weight is 477 g/mol. The summed E-state index contributed by atoms with van der Waals surface area (Å²) in [6, 6.07) is -0.257. The van der Waals surface area contributed by atoms with Crippen LogP contribution in [0.4, 0.5) is 25.0 Å². The van der Waals surface area contributed by atoms with Crippen molar-refractivity contribution in [3.63, 3.8) is 0 Å². The van der Waals surface area contributed by atoms with Crippen molar-refractivity contribution in [2.75, 3.05) is 29.8 Å². The fourth-order valence-corrected chi connectivity index (χ4v) is 5.76. The first-order valence-corrected chi connectivity index (χ1v) is 11.9. The van der Waals surface area contributed by atoms with Gasteiger partial charge in [-0.3, -0.25) is 4.68 Å². The van der Waals surface area contributed by atoms with Gasteiger partial charge in [0, 0.05) is 31.6 Å². The van der Waals surface area contributed by atoms with E-state index in [1.807, 2.05) is 16.7 Å². The number of thiophene rings is 1. The van der Waals surface area contributed by atoms with E-state index in [1.54, 1.807) is 20.2 Å². The Labute approximate surface area is 184 Å². The number of likely N-dealkylation sites (tertiary alicyclic amines) is 1. The zero-order valence-electron chi connectivity index (χ0n) is 17.7. The van der Waals surface area contributed by atoms with Gasteiger partial charge in [-0.1, -0.05) is 0 Å². The second-order valence-electron chi connectivity index (χ2n) is 7.76. The number of aryl methyl sites for hydroxylation is 2. The summed E-state index contributed by atoms with van der Waals surface area (Å²) in [7, 11) is -0.720. The maximum absolute atomic E-state index is 13.6. The third kappa shape index (κ3) is 5.52. The number of alkyl halides is 2. The Bertz CT molecular complexity index is 1050. The monoisotopic (exact) mass is 476 g/mol. The van der Waals surface area contributed by atoms with Crippen LogP contribution in [0.3, 0.4) is 0 Å². The second-order valence-corrected chi connectivity index (χ2v) is 10.6. The van der Waals surface area contributed by atoms with Crippen molar-refractivity contribution in [2.24, 2.45) is 7.05 Å². The van der Waals surface area contributed by atoms with Crippen LogP contribution in [0.1, 0.15) is 29.5 Å². The Balaban J connectivity index is 1.82. The Morgan fingerprint density at radius 3 is 2.65 bits per heavy atom. The lowest BCUT2D eigenvalue weighted by molar-refractivity contribution is 0.0215. The van der Waals surface area contributed by atoms with Crippen molar-refractivity contribution in [1.29, 1.82) is 0 Å². The van der Waals surface area contributed by atoms with E-state index in [0.717, 1.165) is 37.3 Å². The van der Waals surface area contributed by atoms with Gasteiger partial charge >= 0.3 is 16.2 Å². The van der Waals surface area contributed by atoms with Crippen LogP contribution < -0.4 is 14.3 Å². The Morgan fingerprint density at radius 1 is 1.39 bits per heavy atom. The van der Waals surface area contributed by atoms with Crippen molar-refractivity contribution < 1.29 is 22.0 Å². The molecule has 2 aromatic rings. The van der Waals surface area contributed by atoms with Crippen molar-refractivity contribution in [3.05, 3.63) is 28.2 Å². The van der Waals surface area contributed by atoms with E-state index in [9.17, 15) is 22.0 Å². The highest BCUT2D eigenvalue weighted by molar-refractivity contribution is 7.91. The van der Waals surface area contributed by atoms with Gasteiger partial charge in [0.15, 0.2) is 0 Å². The summed E-state index contributed by atoms with van der Waals surface area (Å²) >= 11 is 0.841. The number of carbonyl (C=O) groups is 1. The minimum atomic E-state index is -4.29. The molecule has 3 rings (SSSR count). The summed E-state index contributed by atoms with van der Waals surface area (Å²) in [5.41, 5.74) is 0.474. The van der Waals surface area contributed by atoms with Crippen molar-refractivity contribution in [2.45, 2.75) is 38.7 Å². The zero-order valence-corrected chi connectivity index (χ0v) is 19.4. The fourth-order valence-electron chi connectivity index (χ4n) is 3.54. The largest absolute Gasteiger partial charge is 0.334 e. The summed E-state index contributed by atoms with van der Waals surface area (Å²) in [5.74, 6) is -3.05. The molecule has 13 heteroatoms. The molecular formula is C18H26F2N6O3S2. The number of carbonyl (C=O) groups excluding carboxylic acids is 1. The molecular weight excluding hydrogens is 450 g/mol. The first-order valence-electron chi connectivity index (χ1n) is 9.66. The Morgan fingerprint density at radius 2 is 2.10 bits per heavy atom. The Kier molecular flexibility index (Phi) is 6.58. The number of piperidine rings is 1. The second kappa shape index (κ2) is 8.71.